The highest BCUT2D eigenvalue weighted by atomic mass is 127. The van der Waals surface area contributed by atoms with Crippen molar-refractivity contribution in [3.8, 4) is 0 Å². The maximum atomic E-state index is 12.4. The van der Waals surface area contributed by atoms with Gasteiger partial charge in [0, 0.05) is 0 Å². The lowest BCUT2D eigenvalue weighted by atomic mass is 10.3. The van der Waals surface area contributed by atoms with Gasteiger partial charge in [-0.3, -0.25) is 0 Å². The van der Waals surface area contributed by atoms with E-state index in [1.165, 1.54) is 22.6 Å². The quantitative estimate of drug-likeness (QED) is 0.407. The first kappa shape index (κ1) is 9.69. The van der Waals surface area contributed by atoms with Crippen LogP contribution in [-0.2, 0) is 6.18 Å². The zero-order valence-corrected chi connectivity index (χ0v) is 7.65. The van der Waals surface area contributed by atoms with Crippen molar-refractivity contribution in [3.05, 3.63) is 27.3 Å². The monoisotopic (exact) mass is 291 g/mol. The third kappa shape index (κ3) is 2.05. The lowest BCUT2D eigenvalue weighted by Crippen LogP contribution is -2.09. The summed E-state index contributed by atoms with van der Waals surface area (Å²) in [5, 5.41) is 0. The van der Waals surface area contributed by atoms with Gasteiger partial charge < -0.3 is 0 Å². The molecule has 0 atom stereocenters. The average Bonchev–Trinajstić information content (AvgIpc) is 1.92. The first-order chi connectivity index (χ1) is 5.41. The van der Waals surface area contributed by atoms with Crippen molar-refractivity contribution in [1.29, 1.82) is 0 Å². The van der Waals surface area contributed by atoms with Crippen molar-refractivity contribution in [2.45, 2.75) is 6.18 Å². The summed E-state index contributed by atoms with van der Waals surface area (Å²) in [7, 11) is 0. The number of aromatic nitrogens is 1. The molecule has 12 heavy (non-hydrogen) atoms. The van der Waals surface area contributed by atoms with Crippen LogP contribution < -0.4 is 0 Å². The SMILES string of the molecule is Fc1ccc(C(F)(F)F)nc1I. The molecule has 1 heterocycles. The van der Waals surface area contributed by atoms with Crippen LogP contribution in [0.1, 0.15) is 5.69 Å². The lowest BCUT2D eigenvalue weighted by Gasteiger charge is -2.04. The summed E-state index contributed by atoms with van der Waals surface area (Å²) in [6.07, 6.45) is -4.51. The first-order valence-corrected chi connectivity index (χ1v) is 3.88. The Morgan fingerprint density at radius 3 is 2.25 bits per heavy atom. The summed E-state index contributed by atoms with van der Waals surface area (Å²) in [6.45, 7) is 0. The molecule has 0 fully saturated rings. The molecule has 0 aliphatic carbocycles. The minimum Gasteiger partial charge on any atom is -0.234 e. The Morgan fingerprint density at radius 1 is 1.25 bits per heavy atom. The molecule has 0 bridgehead atoms. The van der Waals surface area contributed by atoms with Gasteiger partial charge in [-0.05, 0) is 34.7 Å². The Bertz CT molecular complexity index is 296. The molecule has 0 unspecified atom stereocenters. The zero-order valence-electron chi connectivity index (χ0n) is 5.49. The fourth-order valence-electron chi connectivity index (χ4n) is 0.575. The third-order valence-corrected chi connectivity index (χ3v) is 1.85. The highest BCUT2D eigenvalue weighted by Gasteiger charge is 2.32. The van der Waals surface area contributed by atoms with Crippen LogP contribution in [0.15, 0.2) is 12.1 Å². The fourth-order valence-corrected chi connectivity index (χ4v) is 1.01. The molecule has 0 saturated heterocycles. The van der Waals surface area contributed by atoms with E-state index in [-0.39, 0.29) is 3.70 Å². The normalized spacial score (nSPS) is 11.8. The van der Waals surface area contributed by atoms with Gasteiger partial charge in [0.2, 0.25) is 0 Å². The molecular formula is C6H2F4IN. The van der Waals surface area contributed by atoms with Crippen LogP contribution in [0.2, 0.25) is 0 Å². The van der Waals surface area contributed by atoms with Gasteiger partial charge in [0.25, 0.3) is 0 Å². The smallest absolute Gasteiger partial charge is 0.234 e. The van der Waals surface area contributed by atoms with Crippen molar-refractivity contribution in [1.82, 2.24) is 4.98 Å². The highest BCUT2D eigenvalue weighted by molar-refractivity contribution is 14.1. The van der Waals surface area contributed by atoms with Gasteiger partial charge in [0.1, 0.15) is 9.39 Å². The lowest BCUT2D eigenvalue weighted by molar-refractivity contribution is -0.141. The second-order valence-electron chi connectivity index (χ2n) is 1.97. The van der Waals surface area contributed by atoms with E-state index in [1.807, 2.05) is 0 Å². The average molecular weight is 291 g/mol. The van der Waals surface area contributed by atoms with E-state index in [4.69, 9.17) is 0 Å². The van der Waals surface area contributed by atoms with Crippen molar-refractivity contribution in [2.75, 3.05) is 0 Å². The molecule has 0 spiro atoms. The summed E-state index contributed by atoms with van der Waals surface area (Å²) < 4.78 is 47.9. The largest absolute Gasteiger partial charge is 0.433 e. The van der Waals surface area contributed by atoms with Crippen LogP contribution in [0.4, 0.5) is 17.6 Å². The van der Waals surface area contributed by atoms with Gasteiger partial charge in [-0.25, -0.2) is 9.37 Å². The van der Waals surface area contributed by atoms with Crippen LogP contribution in [0.3, 0.4) is 0 Å². The molecule has 0 amide bonds. The zero-order chi connectivity index (χ0) is 9.35. The Balaban J connectivity index is 3.14. The summed E-state index contributed by atoms with van der Waals surface area (Å²) >= 11 is 1.40. The Hall–Kier alpha value is -0.400. The molecule has 0 N–H and O–H groups in total. The second-order valence-corrected chi connectivity index (χ2v) is 2.99. The number of rotatable bonds is 0. The number of halogens is 5. The number of nitrogens with zero attached hydrogens (tertiary/aromatic N) is 1. The van der Waals surface area contributed by atoms with E-state index in [2.05, 4.69) is 4.98 Å². The summed E-state index contributed by atoms with van der Waals surface area (Å²) in [4.78, 5) is 3.03. The number of alkyl halides is 3. The van der Waals surface area contributed by atoms with Crippen LogP contribution in [0, 0.1) is 9.52 Å². The molecule has 0 radical (unpaired) electrons. The van der Waals surface area contributed by atoms with E-state index in [0.717, 1.165) is 6.07 Å². The molecule has 0 saturated carbocycles. The fraction of sp³-hybridized carbons (Fsp3) is 0.167. The van der Waals surface area contributed by atoms with Crippen molar-refractivity contribution >= 4 is 22.6 Å². The minimum absolute atomic E-state index is 0.276. The number of hydrogen-bond acceptors (Lipinski definition) is 1. The van der Waals surface area contributed by atoms with Crippen LogP contribution in [0.25, 0.3) is 0 Å². The van der Waals surface area contributed by atoms with E-state index in [1.54, 1.807) is 0 Å². The van der Waals surface area contributed by atoms with Gasteiger partial charge in [-0.15, -0.1) is 0 Å². The predicted octanol–water partition coefficient (Wildman–Crippen LogP) is 2.84. The minimum atomic E-state index is -4.51. The Labute approximate surface area is 78.9 Å². The van der Waals surface area contributed by atoms with Crippen molar-refractivity contribution < 1.29 is 17.6 Å². The molecule has 66 valence electrons. The van der Waals surface area contributed by atoms with Crippen LogP contribution in [0.5, 0.6) is 0 Å². The van der Waals surface area contributed by atoms with Gasteiger partial charge in [0.15, 0.2) is 5.82 Å². The van der Waals surface area contributed by atoms with Crippen molar-refractivity contribution in [2.24, 2.45) is 0 Å². The molecule has 0 aromatic carbocycles. The van der Waals surface area contributed by atoms with Crippen LogP contribution >= 0.6 is 22.6 Å². The maximum Gasteiger partial charge on any atom is 0.433 e. The predicted molar refractivity (Wildman–Crippen MR) is 41.9 cm³/mol. The summed E-state index contributed by atoms with van der Waals surface area (Å²) in [5.41, 5.74) is -1.08. The van der Waals surface area contributed by atoms with Crippen molar-refractivity contribution in [3.63, 3.8) is 0 Å². The molecule has 0 aliphatic heterocycles. The number of hydrogen-bond donors (Lipinski definition) is 0. The van der Waals surface area contributed by atoms with E-state index >= 15 is 0 Å². The third-order valence-electron chi connectivity index (χ3n) is 1.09. The second kappa shape index (κ2) is 3.15. The van der Waals surface area contributed by atoms with Gasteiger partial charge in [-0.2, -0.15) is 13.2 Å². The molecule has 1 rings (SSSR count). The number of pyridine rings is 1. The standard InChI is InChI=1S/C6H2F4IN/c7-3-1-2-4(6(8,9)10)12-5(3)11/h1-2H. The first-order valence-electron chi connectivity index (χ1n) is 2.80. The molecular weight excluding hydrogens is 289 g/mol. The molecule has 0 aliphatic rings. The highest BCUT2D eigenvalue weighted by Crippen LogP contribution is 2.28. The van der Waals surface area contributed by atoms with Gasteiger partial charge in [-0.1, -0.05) is 0 Å². The summed E-state index contributed by atoms with van der Waals surface area (Å²) in [5.74, 6) is -0.747. The topological polar surface area (TPSA) is 12.9 Å². The van der Waals surface area contributed by atoms with E-state index < -0.39 is 17.7 Å². The molecule has 1 nitrogen and oxygen atoms in total. The van der Waals surface area contributed by atoms with E-state index in [9.17, 15) is 17.6 Å². The van der Waals surface area contributed by atoms with Gasteiger partial charge >= 0.3 is 6.18 Å². The molecule has 1 aromatic heterocycles. The van der Waals surface area contributed by atoms with Gasteiger partial charge in [0.05, 0.1) is 0 Å². The summed E-state index contributed by atoms with van der Waals surface area (Å²) in [6, 6.07) is 1.36. The van der Waals surface area contributed by atoms with E-state index in [0.29, 0.717) is 6.07 Å². The maximum absolute atomic E-state index is 12.4. The molecule has 6 heteroatoms. The molecule has 1 aromatic rings. The Morgan fingerprint density at radius 2 is 1.83 bits per heavy atom. The van der Waals surface area contributed by atoms with Crippen LogP contribution in [-0.4, -0.2) is 4.98 Å². The Kier molecular flexibility index (Phi) is 2.55.